The second-order valence-corrected chi connectivity index (χ2v) is 13.3. The minimum absolute atomic E-state index is 0.0876. The molecule has 3 atom stereocenters. The summed E-state index contributed by atoms with van der Waals surface area (Å²) in [4.78, 5) is 49.8. The molecule has 2 aromatic rings. The normalized spacial score (nSPS) is 13.4. The smallest absolute Gasteiger partial charge is 0.407 e. The zero-order valence-electron chi connectivity index (χ0n) is 26.7. The van der Waals surface area contributed by atoms with E-state index in [9.17, 15) is 14.4 Å². The summed E-state index contributed by atoms with van der Waals surface area (Å²) in [5, 5.41) is 11.9. The topological polar surface area (TPSA) is 135 Å². The first-order valence-corrected chi connectivity index (χ1v) is 16.9. The Labute approximate surface area is 264 Å². The first kappa shape index (κ1) is 36.4. The summed E-state index contributed by atoms with van der Waals surface area (Å²) in [5.74, 6) is 0.452. The van der Waals surface area contributed by atoms with E-state index in [-0.39, 0.29) is 30.6 Å². The lowest BCUT2D eigenvalue weighted by Gasteiger charge is -2.26. The maximum absolute atomic E-state index is 13.4. The molecular weight excluding hydrogens is 589 g/mol. The monoisotopic (exact) mass is 638 g/mol. The van der Waals surface area contributed by atoms with Crippen molar-refractivity contribution < 1.29 is 23.9 Å². The van der Waals surface area contributed by atoms with Crippen LogP contribution in [0.1, 0.15) is 95.1 Å². The molecule has 0 aliphatic carbocycles. The van der Waals surface area contributed by atoms with Crippen LogP contribution in [0.5, 0.6) is 0 Å². The zero-order valence-corrected chi connectivity index (χ0v) is 28.3. The van der Waals surface area contributed by atoms with Gasteiger partial charge in [0.25, 0.3) is 0 Å². The number of nitrogens with zero attached hydrogens (tertiary/aromatic N) is 3. The van der Waals surface area contributed by atoms with Crippen LogP contribution in [0.15, 0.2) is 17.1 Å². The minimum Gasteiger partial charge on any atom is -0.444 e. The maximum atomic E-state index is 13.4. The van der Waals surface area contributed by atoms with Crippen molar-refractivity contribution in [3.05, 3.63) is 32.7 Å². The SMILES string of the molecule is CC[C@@H](CC[C@H](CC)NC(=O)[C@H](CCOCC(C)C)NC(=O)N(C)Cc1csc(C(C)C)n1)NC(=O)OCc1cncs1. The van der Waals surface area contributed by atoms with E-state index in [0.717, 1.165) is 22.0 Å². The van der Waals surface area contributed by atoms with Crippen LogP contribution >= 0.6 is 22.7 Å². The van der Waals surface area contributed by atoms with Crippen molar-refractivity contribution in [3.63, 3.8) is 0 Å². The number of aromatic nitrogens is 2. The molecule has 0 unspecified atom stereocenters. The van der Waals surface area contributed by atoms with Gasteiger partial charge >= 0.3 is 12.1 Å². The largest absolute Gasteiger partial charge is 0.444 e. The highest BCUT2D eigenvalue weighted by Gasteiger charge is 2.25. The number of nitrogens with one attached hydrogen (secondary N) is 3. The molecular formula is C30H50N6O5S2. The fourth-order valence-electron chi connectivity index (χ4n) is 4.14. The third-order valence-corrected chi connectivity index (χ3v) is 8.72. The molecule has 0 bridgehead atoms. The number of carbonyl (C=O) groups is 3. The molecule has 3 N–H and O–H groups in total. The van der Waals surface area contributed by atoms with Gasteiger partial charge in [0.05, 0.1) is 27.6 Å². The summed E-state index contributed by atoms with van der Waals surface area (Å²) in [6.07, 6.45) is 4.35. The molecule has 0 saturated carbocycles. The lowest BCUT2D eigenvalue weighted by atomic mass is 10.0. The molecule has 11 nitrogen and oxygen atoms in total. The van der Waals surface area contributed by atoms with Gasteiger partial charge in [-0.2, -0.15) is 0 Å². The Morgan fingerprint density at radius 3 is 2.26 bits per heavy atom. The molecule has 0 spiro atoms. The van der Waals surface area contributed by atoms with Gasteiger partial charge in [-0.1, -0.05) is 41.5 Å². The van der Waals surface area contributed by atoms with E-state index in [4.69, 9.17) is 9.47 Å². The van der Waals surface area contributed by atoms with Crippen LogP contribution in [0.25, 0.3) is 0 Å². The molecule has 0 radical (unpaired) electrons. The van der Waals surface area contributed by atoms with Gasteiger partial charge in [0.1, 0.15) is 12.6 Å². The van der Waals surface area contributed by atoms with Crippen LogP contribution < -0.4 is 16.0 Å². The first-order chi connectivity index (χ1) is 20.5. The van der Waals surface area contributed by atoms with E-state index in [1.165, 1.54) is 16.2 Å². The third-order valence-electron chi connectivity index (χ3n) is 6.77. The van der Waals surface area contributed by atoms with Gasteiger partial charge in [-0.25, -0.2) is 14.6 Å². The lowest BCUT2D eigenvalue weighted by molar-refractivity contribution is -0.124. The highest BCUT2D eigenvalue weighted by molar-refractivity contribution is 7.09. The number of amides is 4. The molecule has 0 aromatic carbocycles. The van der Waals surface area contributed by atoms with Gasteiger partial charge in [0, 0.05) is 56.3 Å². The van der Waals surface area contributed by atoms with Crippen molar-refractivity contribution in [3.8, 4) is 0 Å². The van der Waals surface area contributed by atoms with Gasteiger partial charge in [-0.05, 0) is 31.6 Å². The Hall–Kier alpha value is -2.77. The molecule has 2 aromatic heterocycles. The number of urea groups is 1. The Bertz CT molecular complexity index is 1090. The number of thiazole rings is 2. The van der Waals surface area contributed by atoms with Crippen molar-refractivity contribution in [2.24, 2.45) is 5.92 Å². The first-order valence-electron chi connectivity index (χ1n) is 15.2. The average molecular weight is 639 g/mol. The van der Waals surface area contributed by atoms with Crippen molar-refractivity contribution in [2.45, 2.75) is 111 Å². The summed E-state index contributed by atoms with van der Waals surface area (Å²) >= 11 is 3.02. The Morgan fingerprint density at radius 1 is 0.977 bits per heavy atom. The van der Waals surface area contributed by atoms with Crippen LogP contribution in [0, 0.1) is 5.92 Å². The average Bonchev–Trinajstić information content (AvgIpc) is 3.67. The predicted octanol–water partition coefficient (Wildman–Crippen LogP) is 5.68. The number of rotatable bonds is 19. The van der Waals surface area contributed by atoms with Crippen LogP contribution in [0.4, 0.5) is 9.59 Å². The standard InChI is InChI=1S/C30H50N6O5S2/c1-8-22(10-11-23(9-2)34-30(39)41-17-25-14-31-19-43-25)32-27(37)26(12-13-40-16-20(3)4)35-29(38)36(7)15-24-18-42-28(33-24)21(5)6/h14,18-23,26H,8-13,15-17H2,1-7H3,(H,32,37)(H,34,39)(H,35,38)/t22-,23-,26-/m0/s1. The van der Waals surface area contributed by atoms with E-state index in [1.54, 1.807) is 30.1 Å². The highest BCUT2D eigenvalue weighted by Crippen LogP contribution is 2.20. The summed E-state index contributed by atoms with van der Waals surface area (Å²) in [6, 6.07) is -1.30. The van der Waals surface area contributed by atoms with Gasteiger partial charge in [0.15, 0.2) is 0 Å². The third kappa shape index (κ3) is 14.0. The van der Waals surface area contributed by atoms with Crippen molar-refractivity contribution in [2.75, 3.05) is 20.3 Å². The van der Waals surface area contributed by atoms with E-state index < -0.39 is 12.1 Å². The Kier molecular flexibility index (Phi) is 16.5. The lowest BCUT2D eigenvalue weighted by Crippen LogP contribution is -2.52. The Morgan fingerprint density at radius 2 is 1.67 bits per heavy atom. The van der Waals surface area contributed by atoms with E-state index in [0.29, 0.717) is 57.3 Å². The quantitative estimate of drug-likeness (QED) is 0.169. The Balaban J connectivity index is 1.93. The van der Waals surface area contributed by atoms with Gasteiger partial charge in [-0.15, -0.1) is 22.7 Å². The molecule has 0 aliphatic heterocycles. The predicted molar refractivity (Wildman–Crippen MR) is 171 cm³/mol. The van der Waals surface area contributed by atoms with Crippen molar-refractivity contribution >= 4 is 40.7 Å². The number of ether oxygens (including phenoxy) is 2. The van der Waals surface area contributed by atoms with Crippen molar-refractivity contribution in [1.29, 1.82) is 0 Å². The maximum Gasteiger partial charge on any atom is 0.407 e. The molecule has 242 valence electrons. The molecule has 13 heteroatoms. The number of hydrogen-bond donors (Lipinski definition) is 3. The molecule has 0 saturated heterocycles. The fourth-order valence-corrected chi connectivity index (χ4v) is 5.47. The second-order valence-electron chi connectivity index (χ2n) is 11.4. The number of alkyl carbamates (subject to hydrolysis) is 1. The van der Waals surface area contributed by atoms with Gasteiger partial charge < -0.3 is 30.3 Å². The summed E-state index contributed by atoms with van der Waals surface area (Å²) in [7, 11) is 1.70. The minimum atomic E-state index is -0.750. The summed E-state index contributed by atoms with van der Waals surface area (Å²) < 4.78 is 11.0. The van der Waals surface area contributed by atoms with Gasteiger partial charge in [-0.3, -0.25) is 9.78 Å². The number of hydrogen-bond acceptors (Lipinski definition) is 9. The molecule has 2 rings (SSSR count). The van der Waals surface area contributed by atoms with Crippen LogP contribution in [0.3, 0.4) is 0 Å². The summed E-state index contributed by atoms with van der Waals surface area (Å²) in [6.45, 7) is 13.8. The highest BCUT2D eigenvalue weighted by atomic mass is 32.1. The van der Waals surface area contributed by atoms with Crippen LogP contribution in [-0.2, 0) is 27.4 Å². The number of carbonyl (C=O) groups excluding carboxylic acids is 3. The molecule has 43 heavy (non-hydrogen) atoms. The molecule has 0 aliphatic rings. The van der Waals surface area contributed by atoms with E-state index in [2.05, 4.69) is 53.6 Å². The molecule has 2 heterocycles. The van der Waals surface area contributed by atoms with Crippen LogP contribution in [0.2, 0.25) is 0 Å². The van der Waals surface area contributed by atoms with Crippen LogP contribution in [-0.4, -0.2) is 71.3 Å². The zero-order chi connectivity index (χ0) is 31.8. The van der Waals surface area contributed by atoms with E-state index >= 15 is 0 Å². The van der Waals surface area contributed by atoms with Crippen molar-refractivity contribution in [1.82, 2.24) is 30.8 Å². The molecule has 0 fully saturated rings. The fraction of sp³-hybridized carbons (Fsp3) is 0.700. The summed E-state index contributed by atoms with van der Waals surface area (Å²) in [5.41, 5.74) is 2.52. The molecule has 4 amide bonds. The van der Waals surface area contributed by atoms with E-state index in [1.807, 2.05) is 19.2 Å². The second kappa shape index (κ2) is 19.5. The van der Waals surface area contributed by atoms with Gasteiger partial charge in [0.2, 0.25) is 5.91 Å².